The van der Waals surface area contributed by atoms with Crippen LogP contribution in [-0.2, 0) is 12.1 Å². The summed E-state index contributed by atoms with van der Waals surface area (Å²) < 4.78 is 5.93. The average Bonchev–Trinajstić information content (AvgIpc) is 3.24. The van der Waals surface area contributed by atoms with Crippen molar-refractivity contribution in [1.29, 1.82) is 0 Å². The SMILES string of the molecule is c1ccc(-c2ccc(CNC3(c4ncccn4)CC3)o2)cc1. The molecule has 1 fully saturated rings. The van der Waals surface area contributed by atoms with Gasteiger partial charge in [-0.15, -0.1) is 0 Å². The molecule has 110 valence electrons. The van der Waals surface area contributed by atoms with Gasteiger partial charge in [0.15, 0.2) is 0 Å². The van der Waals surface area contributed by atoms with Crippen LogP contribution in [0.1, 0.15) is 24.4 Å². The lowest BCUT2D eigenvalue weighted by molar-refractivity contribution is 0.433. The van der Waals surface area contributed by atoms with Crippen LogP contribution in [0.3, 0.4) is 0 Å². The summed E-state index contributed by atoms with van der Waals surface area (Å²) >= 11 is 0. The Morgan fingerprint density at radius 2 is 1.73 bits per heavy atom. The van der Waals surface area contributed by atoms with Crippen LogP contribution in [0.2, 0.25) is 0 Å². The highest BCUT2D eigenvalue weighted by molar-refractivity contribution is 5.57. The second-order valence-electron chi connectivity index (χ2n) is 5.64. The molecule has 1 N–H and O–H groups in total. The van der Waals surface area contributed by atoms with Crippen LogP contribution >= 0.6 is 0 Å². The van der Waals surface area contributed by atoms with E-state index in [1.54, 1.807) is 12.4 Å². The predicted octanol–water partition coefficient (Wildman–Crippen LogP) is 3.52. The van der Waals surface area contributed by atoms with Gasteiger partial charge in [-0.3, -0.25) is 5.32 Å². The molecule has 4 nitrogen and oxygen atoms in total. The molecular formula is C18H17N3O. The lowest BCUT2D eigenvalue weighted by Gasteiger charge is -2.14. The number of benzene rings is 1. The standard InChI is InChI=1S/C18H17N3O/c1-2-5-14(6-3-1)16-8-7-15(22-16)13-21-18(9-10-18)17-19-11-4-12-20-17/h1-8,11-12,21H,9-10,13H2. The van der Waals surface area contributed by atoms with Gasteiger partial charge in [0, 0.05) is 18.0 Å². The molecule has 3 aromatic rings. The van der Waals surface area contributed by atoms with Crippen molar-refractivity contribution in [2.24, 2.45) is 0 Å². The third kappa shape index (κ3) is 2.53. The van der Waals surface area contributed by atoms with E-state index in [-0.39, 0.29) is 5.54 Å². The van der Waals surface area contributed by atoms with E-state index in [0.717, 1.165) is 35.7 Å². The Labute approximate surface area is 129 Å². The highest BCUT2D eigenvalue weighted by Crippen LogP contribution is 2.43. The monoisotopic (exact) mass is 291 g/mol. The smallest absolute Gasteiger partial charge is 0.148 e. The molecule has 1 aliphatic carbocycles. The Bertz CT molecular complexity index is 748. The lowest BCUT2D eigenvalue weighted by atomic mass is 10.2. The van der Waals surface area contributed by atoms with E-state index in [1.165, 1.54) is 0 Å². The van der Waals surface area contributed by atoms with E-state index >= 15 is 0 Å². The maximum atomic E-state index is 5.93. The fraction of sp³-hybridized carbons (Fsp3) is 0.222. The number of aromatic nitrogens is 2. The number of nitrogens with zero attached hydrogens (tertiary/aromatic N) is 2. The number of nitrogens with one attached hydrogen (secondary N) is 1. The van der Waals surface area contributed by atoms with Crippen molar-refractivity contribution in [3.63, 3.8) is 0 Å². The van der Waals surface area contributed by atoms with Gasteiger partial charge in [-0.2, -0.15) is 0 Å². The highest BCUT2D eigenvalue weighted by Gasteiger charge is 2.46. The first-order valence-electron chi connectivity index (χ1n) is 7.52. The van der Waals surface area contributed by atoms with Gasteiger partial charge >= 0.3 is 0 Å². The fourth-order valence-corrected chi connectivity index (χ4v) is 2.64. The second-order valence-corrected chi connectivity index (χ2v) is 5.64. The Kier molecular flexibility index (Phi) is 3.24. The quantitative estimate of drug-likeness (QED) is 0.781. The van der Waals surface area contributed by atoms with E-state index in [9.17, 15) is 0 Å². The molecule has 0 radical (unpaired) electrons. The molecule has 0 amide bonds. The molecule has 4 rings (SSSR count). The predicted molar refractivity (Wildman–Crippen MR) is 83.9 cm³/mol. The summed E-state index contributed by atoms with van der Waals surface area (Å²) in [6, 6.07) is 16.0. The Hall–Kier alpha value is -2.46. The topological polar surface area (TPSA) is 51.0 Å². The van der Waals surface area contributed by atoms with E-state index in [0.29, 0.717) is 6.54 Å². The van der Waals surface area contributed by atoms with Crippen molar-refractivity contribution in [2.45, 2.75) is 24.9 Å². The summed E-state index contributed by atoms with van der Waals surface area (Å²) in [5.41, 5.74) is 1.03. The number of hydrogen-bond donors (Lipinski definition) is 1. The normalized spacial score (nSPS) is 15.6. The molecule has 0 unspecified atom stereocenters. The van der Waals surface area contributed by atoms with Gasteiger partial charge < -0.3 is 4.42 Å². The zero-order chi connectivity index (χ0) is 14.8. The van der Waals surface area contributed by atoms with Gasteiger partial charge in [-0.25, -0.2) is 9.97 Å². The van der Waals surface area contributed by atoms with Gasteiger partial charge in [0.05, 0.1) is 12.1 Å². The zero-order valence-electron chi connectivity index (χ0n) is 12.2. The minimum atomic E-state index is -0.0685. The largest absolute Gasteiger partial charge is 0.460 e. The van der Waals surface area contributed by atoms with Gasteiger partial charge in [0.2, 0.25) is 0 Å². The second kappa shape index (κ2) is 5.39. The zero-order valence-corrected chi connectivity index (χ0v) is 12.2. The first kappa shape index (κ1) is 13.2. The molecule has 1 aliphatic rings. The van der Waals surface area contributed by atoms with E-state index < -0.39 is 0 Å². The fourth-order valence-electron chi connectivity index (χ4n) is 2.64. The molecule has 0 bridgehead atoms. The van der Waals surface area contributed by atoms with Crippen molar-refractivity contribution in [2.75, 3.05) is 0 Å². The first-order chi connectivity index (χ1) is 10.9. The van der Waals surface area contributed by atoms with Gasteiger partial charge in [-0.1, -0.05) is 30.3 Å². The molecule has 4 heteroatoms. The van der Waals surface area contributed by atoms with Crippen LogP contribution in [-0.4, -0.2) is 9.97 Å². The van der Waals surface area contributed by atoms with E-state index in [2.05, 4.69) is 27.4 Å². The van der Waals surface area contributed by atoms with Crippen LogP contribution in [0.25, 0.3) is 11.3 Å². The summed E-state index contributed by atoms with van der Waals surface area (Å²) in [4.78, 5) is 8.75. The summed E-state index contributed by atoms with van der Waals surface area (Å²) in [7, 11) is 0. The van der Waals surface area contributed by atoms with Gasteiger partial charge in [-0.05, 0) is 31.0 Å². The molecule has 2 heterocycles. The maximum absolute atomic E-state index is 5.93. The summed E-state index contributed by atoms with van der Waals surface area (Å²) in [6.45, 7) is 0.686. The molecule has 22 heavy (non-hydrogen) atoms. The molecule has 1 aromatic carbocycles. The van der Waals surface area contributed by atoms with Crippen LogP contribution in [0, 0.1) is 0 Å². The number of rotatable bonds is 5. The molecule has 2 aromatic heterocycles. The summed E-state index contributed by atoms with van der Waals surface area (Å²) in [5.74, 6) is 2.71. The van der Waals surface area contributed by atoms with Crippen molar-refractivity contribution in [1.82, 2.24) is 15.3 Å². The van der Waals surface area contributed by atoms with E-state index in [1.807, 2.05) is 36.4 Å². The summed E-state index contributed by atoms with van der Waals surface area (Å²) in [5, 5.41) is 3.55. The Morgan fingerprint density at radius 1 is 0.955 bits per heavy atom. The van der Waals surface area contributed by atoms with Crippen molar-refractivity contribution < 1.29 is 4.42 Å². The minimum absolute atomic E-state index is 0.0685. The number of hydrogen-bond acceptors (Lipinski definition) is 4. The van der Waals surface area contributed by atoms with Gasteiger partial charge in [0.25, 0.3) is 0 Å². The van der Waals surface area contributed by atoms with Crippen LogP contribution < -0.4 is 5.32 Å². The molecule has 0 aliphatic heterocycles. The average molecular weight is 291 g/mol. The molecule has 0 saturated heterocycles. The molecule has 0 atom stereocenters. The third-order valence-electron chi connectivity index (χ3n) is 4.06. The molecular weight excluding hydrogens is 274 g/mol. The lowest BCUT2D eigenvalue weighted by Crippen LogP contribution is -2.30. The maximum Gasteiger partial charge on any atom is 0.148 e. The van der Waals surface area contributed by atoms with Crippen molar-refractivity contribution in [3.05, 3.63) is 72.5 Å². The Balaban J connectivity index is 1.46. The van der Waals surface area contributed by atoms with Crippen LogP contribution in [0.15, 0.2) is 65.3 Å². The third-order valence-corrected chi connectivity index (χ3v) is 4.06. The summed E-state index contributed by atoms with van der Waals surface area (Å²) in [6.07, 6.45) is 5.74. The van der Waals surface area contributed by atoms with E-state index in [4.69, 9.17) is 4.42 Å². The highest BCUT2D eigenvalue weighted by atomic mass is 16.3. The first-order valence-corrected chi connectivity index (χ1v) is 7.52. The van der Waals surface area contributed by atoms with Crippen molar-refractivity contribution in [3.8, 4) is 11.3 Å². The molecule has 1 saturated carbocycles. The minimum Gasteiger partial charge on any atom is -0.460 e. The Morgan fingerprint density at radius 3 is 2.45 bits per heavy atom. The van der Waals surface area contributed by atoms with Crippen LogP contribution in [0.4, 0.5) is 0 Å². The molecule has 0 spiro atoms. The van der Waals surface area contributed by atoms with Crippen LogP contribution in [0.5, 0.6) is 0 Å². The van der Waals surface area contributed by atoms with Crippen molar-refractivity contribution >= 4 is 0 Å². The van der Waals surface area contributed by atoms with Gasteiger partial charge in [0.1, 0.15) is 17.3 Å². The number of furan rings is 1.